The van der Waals surface area contributed by atoms with Gasteiger partial charge in [0, 0.05) is 18.6 Å². The van der Waals surface area contributed by atoms with Crippen LogP contribution in [-0.4, -0.2) is 61.7 Å². The van der Waals surface area contributed by atoms with Crippen LogP contribution in [0.25, 0.3) is 0 Å². The molecule has 0 aromatic rings. The number of nitrogens with one attached hydrogen (secondary N) is 1. The van der Waals surface area contributed by atoms with Crippen molar-refractivity contribution in [3.8, 4) is 0 Å². The van der Waals surface area contributed by atoms with Gasteiger partial charge in [-0.25, -0.2) is 0 Å². The van der Waals surface area contributed by atoms with Crippen molar-refractivity contribution in [1.29, 1.82) is 0 Å². The molecule has 1 saturated heterocycles. The van der Waals surface area contributed by atoms with Crippen LogP contribution in [-0.2, 0) is 0 Å². The van der Waals surface area contributed by atoms with Gasteiger partial charge in [0.05, 0.1) is 0 Å². The molecular weight excluding hydrogens is 222 g/mol. The van der Waals surface area contributed by atoms with Crippen LogP contribution in [0.1, 0.15) is 46.5 Å². The molecule has 0 saturated carbocycles. The fourth-order valence-electron chi connectivity index (χ4n) is 3.03. The maximum atomic E-state index is 3.57. The Hall–Kier alpha value is -0.120. The summed E-state index contributed by atoms with van der Waals surface area (Å²) in [5.41, 5.74) is 0. The zero-order chi connectivity index (χ0) is 13.4. The van der Waals surface area contributed by atoms with Crippen molar-refractivity contribution in [2.45, 2.75) is 58.5 Å². The minimum absolute atomic E-state index is 0.719. The minimum atomic E-state index is 0.719. The van der Waals surface area contributed by atoms with E-state index in [0.29, 0.717) is 0 Å². The van der Waals surface area contributed by atoms with E-state index >= 15 is 0 Å². The van der Waals surface area contributed by atoms with Crippen LogP contribution in [0.4, 0.5) is 0 Å². The maximum Gasteiger partial charge on any atom is 0.0194 e. The number of likely N-dealkylation sites (N-methyl/N-ethyl adjacent to an activating group) is 1. The first kappa shape index (κ1) is 15.9. The highest BCUT2D eigenvalue weighted by Gasteiger charge is 2.19. The summed E-state index contributed by atoms with van der Waals surface area (Å²) >= 11 is 0. The first-order valence-electron chi connectivity index (χ1n) is 7.83. The Bertz CT molecular complexity index is 208. The Morgan fingerprint density at radius 1 is 1.28 bits per heavy atom. The fourth-order valence-corrected chi connectivity index (χ4v) is 3.03. The molecule has 3 nitrogen and oxygen atoms in total. The van der Waals surface area contributed by atoms with E-state index in [1.807, 2.05) is 0 Å². The summed E-state index contributed by atoms with van der Waals surface area (Å²) < 4.78 is 0. The summed E-state index contributed by atoms with van der Waals surface area (Å²) in [6, 6.07) is 1.44. The molecule has 1 heterocycles. The molecule has 3 heteroatoms. The Morgan fingerprint density at radius 2 is 2.06 bits per heavy atom. The third-order valence-corrected chi connectivity index (χ3v) is 4.17. The number of hydrogen-bond acceptors (Lipinski definition) is 3. The van der Waals surface area contributed by atoms with Gasteiger partial charge in [-0.1, -0.05) is 13.8 Å². The quantitative estimate of drug-likeness (QED) is 0.752. The standard InChI is InChI=1S/C15H33N3/c1-5-15(16-6-2)9-7-11-18-12-8-10-17(4)13-14(18)3/h14-16H,5-13H2,1-4H3. The first-order chi connectivity index (χ1) is 8.67. The average Bonchev–Trinajstić information content (AvgIpc) is 2.50. The summed E-state index contributed by atoms with van der Waals surface area (Å²) in [6.45, 7) is 13.0. The molecule has 0 spiro atoms. The van der Waals surface area contributed by atoms with Gasteiger partial charge in [-0.3, -0.25) is 4.90 Å². The molecule has 1 aliphatic rings. The van der Waals surface area contributed by atoms with Gasteiger partial charge in [0.2, 0.25) is 0 Å². The lowest BCUT2D eigenvalue weighted by Crippen LogP contribution is -2.39. The van der Waals surface area contributed by atoms with E-state index in [4.69, 9.17) is 0 Å². The Labute approximate surface area is 114 Å². The van der Waals surface area contributed by atoms with Gasteiger partial charge in [0.25, 0.3) is 0 Å². The summed E-state index contributed by atoms with van der Waals surface area (Å²) in [5.74, 6) is 0. The van der Waals surface area contributed by atoms with E-state index in [2.05, 4.69) is 42.9 Å². The van der Waals surface area contributed by atoms with Gasteiger partial charge in [0.15, 0.2) is 0 Å². The van der Waals surface area contributed by atoms with Crippen molar-refractivity contribution < 1.29 is 0 Å². The van der Waals surface area contributed by atoms with Crippen molar-refractivity contribution in [3.05, 3.63) is 0 Å². The number of rotatable bonds is 7. The van der Waals surface area contributed by atoms with Crippen molar-refractivity contribution in [2.75, 3.05) is 39.8 Å². The van der Waals surface area contributed by atoms with Crippen LogP contribution in [0, 0.1) is 0 Å². The summed E-state index contributed by atoms with van der Waals surface area (Å²) in [5, 5.41) is 3.57. The van der Waals surface area contributed by atoms with Crippen molar-refractivity contribution in [2.24, 2.45) is 0 Å². The van der Waals surface area contributed by atoms with Gasteiger partial charge in [-0.2, -0.15) is 0 Å². The monoisotopic (exact) mass is 255 g/mol. The first-order valence-corrected chi connectivity index (χ1v) is 7.83. The second kappa shape index (κ2) is 8.89. The van der Waals surface area contributed by atoms with E-state index in [-0.39, 0.29) is 0 Å². The largest absolute Gasteiger partial charge is 0.314 e. The summed E-state index contributed by atoms with van der Waals surface area (Å²) in [7, 11) is 2.25. The molecule has 0 radical (unpaired) electrons. The molecule has 0 aliphatic carbocycles. The van der Waals surface area contributed by atoms with Crippen molar-refractivity contribution in [1.82, 2.24) is 15.1 Å². The Morgan fingerprint density at radius 3 is 2.72 bits per heavy atom. The lowest BCUT2D eigenvalue weighted by molar-refractivity contribution is 0.196. The highest BCUT2D eigenvalue weighted by molar-refractivity contribution is 4.76. The highest BCUT2D eigenvalue weighted by Crippen LogP contribution is 2.11. The molecule has 0 amide bonds. The predicted octanol–water partition coefficient (Wildman–Crippen LogP) is 2.18. The lowest BCUT2D eigenvalue weighted by Gasteiger charge is -2.28. The zero-order valence-corrected chi connectivity index (χ0v) is 12.9. The van der Waals surface area contributed by atoms with Crippen LogP contribution >= 0.6 is 0 Å². The topological polar surface area (TPSA) is 18.5 Å². The molecule has 0 aromatic heterocycles. The molecular formula is C15H33N3. The van der Waals surface area contributed by atoms with Crippen LogP contribution < -0.4 is 5.32 Å². The van der Waals surface area contributed by atoms with Crippen LogP contribution in [0.5, 0.6) is 0 Å². The molecule has 2 unspecified atom stereocenters. The fraction of sp³-hybridized carbons (Fsp3) is 1.00. The number of hydrogen-bond donors (Lipinski definition) is 1. The molecule has 1 N–H and O–H groups in total. The molecule has 18 heavy (non-hydrogen) atoms. The highest BCUT2D eigenvalue weighted by atomic mass is 15.2. The van der Waals surface area contributed by atoms with Gasteiger partial charge in [-0.05, 0) is 65.8 Å². The third kappa shape index (κ3) is 5.68. The third-order valence-electron chi connectivity index (χ3n) is 4.17. The lowest BCUT2D eigenvalue weighted by atomic mass is 10.1. The van der Waals surface area contributed by atoms with Gasteiger partial charge in [0.1, 0.15) is 0 Å². The van der Waals surface area contributed by atoms with Gasteiger partial charge >= 0.3 is 0 Å². The molecule has 1 aliphatic heterocycles. The van der Waals surface area contributed by atoms with E-state index < -0.39 is 0 Å². The summed E-state index contributed by atoms with van der Waals surface area (Å²) in [6.07, 6.45) is 5.24. The minimum Gasteiger partial charge on any atom is -0.314 e. The normalized spacial score (nSPS) is 25.0. The molecule has 1 fully saturated rings. The van der Waals surface area contributed by atoms with Gasteiger partial charge in [-0.15, -0.1) is 0 Å². The molecule has 1 rings (SSSR count). The molecule has 108 valence electrons. The van der Waals surface area contributed by atoms with Crippen molar-refractivity contribution in [3.63, 3.8) is 0 Å². The van der Waals surface area contributed by atoms with E-state index in [1.165, 1.54) is 51.9 Å². The maximum absolute atomic E-state index is 3.57. The van der Waals surface area contributed by atoms with Gasteiger partial charge < -0.3 is 10.2 Å². The van der Waals surface area contributed by atoms with Crippen LogP contribution in [0.3, 0.4) is 0 Å². The van der Waals surface area contributed by atoms with E-state index in [0.717, 1.165) is 18.6 Å². The molecule has 0 aromatic carbocycles. The predicted molar refractivity (Wildman–Crippen MR) is 80.1 cm³/mol. The molecule has 2 atom stereocenters. The average molecular weight is 255 g/mol. The smallest absolute Gasteiger partial charge is 0.0194 e. The van der Waals surface area contributed by atoms with Crippen molar-refractivity contribution >= 4 is 0 Å². The van der Waals surface area contributed by atoms with Crippen LogP contribution in [0.15, 0.2) is 0 Å². The summed E-state index contributed by atoms with van der Waals surface area (Å²) in [4.78, 5) is 5.15. The second-order valence-electron chi connectivity index (χ2n) is 5.81. The van der Waals surface area contributed by atoms with E-state index in [9.17, 15) is 0 Å². The SMILES string of the molecule is CCNC(CC)CCCN1CCCN(C)CC1C. The zero-order valence-electron chi connectivity index (χ0n) is 12.9. The van der Waals surface area contributed by atoms with Crippen LogP contribution in [0.2, 0.25) is 0 Å². The Balaban J connectivity index is 2.24. The number of nitrogens with zero attached hydrogens (tertiary/aromatic N) is 2. The molecule has 0 bridgehead atoms. The van der Waals surface area contributed by atoms with E-state index in [1.54, 1.807) is 0 Å². The Kier molecular flexibility index (Phi) is 7.87. The second-order valence-corrected chi connectivity index (χ2v) is 5.81.